The highest BCUT2D eigenvalue weighted by molar-refractivity contribution is 7.92. The van der Waals surface area contributed by atoms with Crippen molar-refractivity contribution in [3.8, 4) is 34.0 Å². The second-order valence-corrected chi connectivity index (χ2v) is 35.8. The van der Waals surface area contributed by atoms with Gasteiger partial charge in [-0.1, -0.05) is 36.4 Å². The van der Waals surface area contributed by atoms with Gasteiger partial charge in [-0.25, -0.2) is 49.4 Å². The SMILES string of the molecule is CCOC(=O)c1[nH]nc2c1Cc1cc(OC(C)C)c(Nc3ncc(C)c(Nc4ccccc4S(=O)(=O)C(C)C)n3)cc1-2.Cc1cnc(Nc2cc3c(cc2F)CNC3=O)nc1Nc1ccccc1S(=O)(=O)C(C)C.Cc1cnc(Nc2cc3c(cc2OC(C)C)Cc2c-3n[nH]c2CO)nc1Nc1ccccc1S(=O)(=O)C(C)C. The lowest BCUT2D eigenvalue weighted by Crippen LogP contribution is -2.16. The number of nitrogens with one attached hydrogen (secondary N) is 9. The molecule has 2 aliphatic carbocycles. The number of para-hydroxylation sites is 3. The molecule has 0 bridgehead atoms. The van der Waals surface area contributed by atoms with Crippen LogP contribution < -0.4 is 46.7 Å². The number of hydrogen-bond acceptors (Lipinski definition) is 26. The highest BCUT2D eigenvalue weighted by Crippen LogP contribution is 2.46. The van der Waals surface area contributed by atoms with E-state index in [2.05, 4.69) is 87.5 Å². The molecule has 6 heterocycles. The predicted molar refractivity (Wildman–Crippen MR) is 431 cm³/mol. The molecule has 0 saturated heterocycles. The van der Waals surface area contributed by atoms with Crippen LogP contribution in [0.5, 0.6) is 11.5 Å². The molecule has 29 nitrogen and oxygen atoms in total. The Morgan fingerprint density at radius 1 is 0.504 bits per heavy atom. The first-order valence-electron chi connectivity index (χ1n) is 36.6. The van der Waals surface area contributed by atoms with E-state index in [1.54, 1.807) is 135 Å². The van der Waals surface area contributed by atoms with Crippen LogP contribution in [0.15, 0.2) is 142 Å². The Morgan fingerprint density at radius 2 is 0.894 bits per heavy atom. The van der Waals surface area contributed by atoms with Gasteiger partial charge in [-0.3, -0.25) is 15.0 Å². The average molecular weight is 1590 g/mol. The van der Waals surface area contributed by atoms with Gasteiger partial charge in [0.05, 0.1) is 107 Å². The zero-order valence-electron chi connectivity index (χ0n) is 64.7. The molecule has 5 aromatic heterocycles. The maximum absolute atomic E-state index is 14.5. The predicted octanol–water partition coefficient (Wildman–Crippen LogP) is 14.6. The number of anilines is 12. The Kier molecular flexibility index (Phi) is 23.6. The molecule has 0 fully saturated rings. The standard InChI is InChI=1S/C30H34N6O5S.C28H32N6O4S.C22H22FN5O3S/c1-7-40-29(37)27-21-12-19-13-24(41-16(2)3)23(14-20(19)26(21)35-36-27)33-30-31-15-18(6)28(34-30)32-22-10-8-9-11-25(22)42(38,39)17(4)5;1-15(2)38-24-11-18-10-20-23(14-35)33-34-26(20)19(18)12-22(24)31-28-29-13-17(5)27(32-28)30-21-8-6-7-9-25(21)39(36,37)16(3)4;1-12(2)32(30,31)19-7-5-4-6-17(19)26-20-13(3)10-25-22(28-20)27-18-9-15-14(8-16(18)23)11-24-21(15)29/h8-11,13-17H,7,12H2,1-6H3,(H,35,36)(H2,31,32,33,34);6-9,11-13,15-16,35H,10,14H2,1-5H3,(H,33,34)(H2,29,30,31,32);4-10,12H,11H2,1-3H3,(H,24,29)(H2,25,26,27,28). The van der Waals surface area contributed by atoms with Crippen molar-refractivity contribution in [1.82, 2.24) is 55.6 Å². The first-order chi connectivity index (χ1) is 53.7. The number of aliphatic hydroxyl groups excluding tert-OH is 1. The van der Waals surface area contributed by atoms with Crippen molar-refractivity contribution >= 4 is 111 Å². The highest BCUT2D eigenvalue weighted by Gasteiger charge is 2.33. The van der Waals surface area contributed by atoms with E-state index >= 15 is 0 Å². The molecule has 1 aliphatic heterocycles. The highest BCUT2D eigenvalue weighted by atomic mass is 32.2. The van der Waals surface area contributed by atoms with Gasteiger partial charge in [0.2, 0.25) is 17.8 Å². The third kappa shape index (κ3) is 17.3. The number of esters is 1. The number of amides is 1. The fraction of sp³-hybridized carbons (Fsp3) is 0.300. The number of aryl methyl sites for hydroxylation is 3. The molecule has 0 spiro atoms. The lowest BCUT2D eigenvalue weighted by Gasteiger charge is -2.18. The molecular weight excluding hydrogens is 1510 g/mol. The van der Waals surface area contributed by atoms with E-state index in [1.807, 2.05) is 65.8 Å². The van der Waals surface area contributed by atoms with Crippen molar-refractivity contribution in [2.75, 3.05) is 38.5 Å². The number of aromatic amines is 2. The summed E-state index contributed by atoms with van der Waals surface area (Å²) in [7, 11) is -10.6. The van der Waals surface area contributed by atoms with Crippen LogP contribution in [0.25, 0.3) is 22.5 Å². The Balaban J connectivity index is 0.000000158. The van der Waals surface area contributed by atoms with E-state index in [-0.39, 0.29) is 63.6 Å². The van der Waals surface area contributed by atoms with E-state index in [9.17, 15) is 44.3 Å². The summed E-state index contributed by atoms with van der Waals surface area (Å²) < 4.78 is 109. The zero-order chi connectivity index (χ0) is 81.1. The summed E-state index contributed by atoms with van der Waals surface area (Å²) in [4.78, 5) is 51.8. The topological polar surface area (TPSA) is 403 Å². The Morgan fingerprint density at radius 3 is 1.30 bits per heavy atom. The number of aromatic nitrogens is 10. The van der Waals surface area contributed by atoms with Crippen LogP contribution >= 0.6 is 0 Å². The van der Waals surface area contributed by atoms with Crippen molar-refractivity contribution in [2.45, 2.75) is 166 Å². The molecule has 0 saturated carbocycles. The number of rotatable bonds is 25. The third-order valence-electron chi connectivity index (χ3n) is 18.6. The van der Waals surface area contributed by atoms with E-state index in [4.69, 9.17) is 14.2 Å². The number of fused-ring (bicyclic) bond motifs is 7. The number of carbonyl (C=O) groups excluding carboxylic acids is 2. The first-order valence-corrected chi connectivity index (χ1v) is 41.2. The van der Waals surface area contributed by atoms with E-state index in [1.165, 1.54) is 24.4 Å². The monoisotopic (exact) mass is 1590 g/mol. The largest absolute Gasteiger partial charge is 0.489 e. The summed E-state index contributed by atoms with van der Waals surface area (Å²) in [6.07, 6.45) is 5.87. The van der Waals surface area contributed by atoms with Gasteiger partial charge >= 0.3 is 5.97 Å². The molecule has 6 aromatic carbocycles. The normalized spacial score (nSPS) is 12.6. The average Bonchev–Trinajstić information content (AvgIpc) is 1.60. The Hall–Kier alpha value is -11.9. The molecule has 590 valence electrons. The van der Waals surface area contributed by atoms with Crippen LogP contribution in [0.2, 0.25) is 0 Å². The molecule has 113 heavy (non-hydrogen) atoms. The summed E-state index contributed by atoms with van der Waals surface area (Å²) in [6, 6.07) is 30.7. The molecule has 3 aliphatic rings. The second kappa shape index (κ2) is 33.2. The van der Waals surface area contributed by atoms with Crippen LogP contribution in [0.4, 0.5) is 73.8 Å². The molecule has 0 radical (unpaired) electrons. The van der Waals surface area contributed by atoms with Crippen LogP contribution in [-0.4, -0.2) is 127 Å². The van der Waals surface area contributed by atoms with Crippen molar-refractivity contribution in [2.24, 2.45) is 0 Å². The smallest absolute Gasteiger partial charge is 0.356 e. The van der Waals surface area contributed by atoms with Crippen molar-refractivity contribution in [1.29, 1.82) is 0 Å². The van der Waals surface area contributed by atoms with Gasteiger partial charge in [0.15, 0.2) is 29.5 Å². The number of H-pyrrole nitrogens is 2. The molecule has 10 N–H and O–H groups in total. The van der Waals surface area contributed by atoms with E-state index in [0.29, 0.717) is 116 Å². The van der Waals surface area contributed by atoms with Crippen LogP contribution in [0.1, 0.15) is 147 Å². The van der Waals surface area contributed by atoms with Gasteiger partial charge < -0.3 is 56.5 Å². The third-order valence-corrected chi connectivity index (χ3v) is 25.2. The summed E-state index contributed by atoms with van der Waals surface area (Å²) in [5, 5.41) is 44.0. The number of nitrogens with zero attached hydrogens (tertiary/aromatic N) is 8. The van der Waals surface area contributed by atoms with Gasteiger partial charge in [-0.2, -0.15) is 25.1 Å². The van der Waals surface area contributed by atoms with Crippen molar-refractivity contribution in [3.05, 3.63) is 195 Å². The first kappa shape index (κ1) is 80.6. The Bertz CT molecular complexity index is 5850. The van der Waals surface area contributed by atoms with Crippen molar-refractivity contribution < 1.29 is 58.5 Å². The minimum atomic E-state index is -3.53. The number of ether oxygens (including phenoxy) is 3. The fourth-order valence-electron chi connectivity index (χ4n) is 12.5. The van der Waals surface area contributed by atoms with Gasteiger partial charge in [-0.05, 0) is 186 Å². The Labute approximate surface area is 654 Å². The summed E-state index contributed by atoms with van der Waals surface area (Å²) in [6.45, 7) is 25.3. The minimum Gasteiger partial charge on any atom is -0.489 e. The second-order valence-electron chi connectivity index (χ2n) is 28.4. The fourth-order valence-corrected chi connectivity index (χ4v) is 16.1. The maximum Gasteiger partial charge on any atom is 0.356 e. The zero-order valence-corrected chi connectivity index (χ0v) is 67.1. The van der Waals surface area contributed by atoms with Gasteiger partial charge in [0.1, 0.15) is 40.5 Å². The van der Waals surface area contributed by atoms with E-state index < -0.39 is 57.0 Å². The summed E-state index contributed by atoms with van der Waals surface area (Å²) in [5.74, 6) is 2.02. The molecular formula is C80H88FN17O12S3. The van der Waals surface area contributed by atoms with E-state index in [0.717, 1.165) is 50.2 Å². The van der Waals surface area contributed by atoms with Crippen molar-refractivity contribution in [3.63, 3.8) is 0 Å². The number of carbonyl (C=O) groups is 2. The summed E-state index contributed by atoms with van der Waals surface area (Å²) in [5.41, 5.74) is 13.9. The minimum absolute atomic E-state index is 0.0636. The van der Waals surface area contributed by atoms with Gasteiger partial charge in [-0.15, -0.1) is 0 Å². The number of sulfone groups is 3. The summed E-state index contributed by atoms with van der Waals surface area (Å²) >= 11 is 0. The van der Waals surface area contributed by atoms with Crippen LogP contribution in [-0.2, 0) is 60.2 Å². The number of aliphatic hydroxyl groups is 1. The molecule has 0 atom stereocenters. The number of halogens is 1. The molecule has 0 unspecified atom stereocenters. The lowest BCUT2D eigenvalue weighted by atomic mass is 10.1. The lowest BCUT2D eigenvalue weighted by molar-refractivity contribution is 0.0518. The van der Waals surface area contributed by atoms with Gasteiger partial charge in [0, 0.05) is 82.5 Å². The van der Waals surface area contributed by atoms with Gasteiger partial charge in [0.25, 0.3) is 5.91 Å². The molecule has 14 rings (SSSR count). The van der Waals surface area contributed by atoms with Crippen LogP contribution in [0, 0.1) is 26.6 Å². The molecule has 1 amide bonds. The number of benzene rings is 6. The molecule has 11 aromatic rings. The quantitative estimate of drug-likeness (QED) is 0.0238. The molecule has 33 heteroatoms. The maximum atomic E-state index is 14.5. The number of hydrogen-bond donors (Lipinski definition) is 10. The van der Waals surface area contributed by atoms with Crippen LogP contribution in [0.3, 0.4) is 0 Å².